The van der Waals surface area contributed by atoms with Crippen LogP contribution in [0.3, 0.4) is 0 Å². The summed E-state index contributed by atoms with van der Waals surface area (Å²) >= 11 is 0. The number of nitrogens with two attached hydrogens (primary N) is 1. The first kappa shape index (κ1) is 15.5. The van der Waals surface area contributed by atoms with Gasteiger partial charge in [-0.25, -0.2) is 13.1 Å². The number of anilines is 1. The molecular formula is C13H19N3O2S. The Morgan fingerprint density at radius 2 is 2.11 bits per heavy atom. The van der Waals surface area contributed by atoms with E-state index >= 15 is 0 Å². The van der Waals surface area contributed by atoms with Crippen molar-refractivity contribution in [2.45, 2.75) is 31.6 Å². The fourth-order valence-corrected chi connectivity index (χ4v) is 2.84. The van der Waals surface area contributed by atoms with Gasteiger partial charge in [-0.05, 0) is 37.0 Å². The number of nitrogens with one attached hydrogen (secondary N) is 1. The third kappa shape index (κ3) is 4.54. The van der Waals surface area contributed by atoms with Gasteiger partial charge in [-0.3, -0.25) is 0 Å². The number of nitriles is 1. The molecule has 0 saturated heterocycles. The molecule has 1 rings (SSSR count). The minimum atomic E-state index is -3.60. The molecule has 0 aliphatic rings. The smallest absolute Gasteiger partial charge is 0.242 e. The predicted molar refractivity (Wildman–Crippen MR) is 74.8 cm³/mol. The van der Waals surface area contributed by atoms with Crippen molar-refractivity contribution in [3.05, 3.63) is 23.8 Å². The summed E-state index contributed by atoms with van der Waals surface area (Å²) in [5.41, 5.74) is 6.10. The van der Waals surface area contributed by atoms with E-state index in [1.165, 1.54) is 18.2 Å². The van der Waals surface area contributed by atoms with Gasteiger partial charge in [0.2, 0.25) is 10.0 Å². The quantitative estimate of drug-likeness (QED) is 0.614. The Morgan fingerprint density at radius 1 is 1.42 bits per heavy atom. The number of nitrogen functional groups attached to an aromatic ring is 1. The van der Waals surface area contributed by atoms with Crippen molar-refractivity contribution in [3.8, 4) is 6.07 Å². The Hall–Kier alpha value is -1.58. The van der Waals surface area contributed by atoms with E-state index in [2.05, 4.69) is 18.6 Å². The Bertz CT molecular complexity index is 574. The maximum Gasteiger partial charge on any atom is 0.242 e. The van der Waals surface area contributed by atoms with Crippen LogP contribution in [0.1, 0.15) is 32.3 Å². The van der Waals surface area contributed by atoms with Crippen LogP contribution < -0.4 is 10.5 Å². The second kappa shape index (κ2) is 6.55. The number of nitrogens with zero attached hydrogens (tertiary/aromatic N) is 1. The summed E-state index contributed by atoms with van der Waals surface area (Å²) < 4.78 is 26.6. The summed E-state index contributed by atoms with van der Waals surface area (Å²) in [6.45, 7) is 4.57. The van der Waals surface area contributed by atoms with Crippen molar-refractivity contribution >= 4 is 15.7 Å². The summed E-state index contributed by atoms with van der Waals surface area (Å²) in [4.78, 5) is 0.0241. The lowest BCUT2D eigenvalue weighted by molar-refractivity contribution is 0.540. The maximum absolute atomic E-state index is 12.0. The summed E-state index contributed by atoms with van der Waals surface area (Å²) in [7, 11) is -3.60. The number of hydrogen-bond donors (Lipinski definition) is 2. The minimum absolute atomic E-state index is 0.0241. The molecule has 0 saturated carbocycles. The zero-order chi connectivity index (χ0) is 14.5. The van der Waals surface area contributed by atoms with Crippen LogP contribution in [0, 0.1) is 17.2 Å². The highest BCUT2D eigenvalue weighted by atomic mass is 32.2. The second-order valence-corrected chi connectivity index (χ2v) is 6.53. The molecule has 0 spiro atoms. The topological polar surface area (TPSA) is 96.0 Å². The molecule has 104 valence electrons. The van der Waals surface area contributed by atoms with Crippen LogP contribution in [0.4, 0.5) is 5.69 Å². The molecule has 6 heteroatoms. The van der Waals surface area contributed by atoms with E-state index in [-0.39, 0.29) is 10.6 Å². The lowest BCUT2D eigenvalue weighted by Crippen LogP contribution is -2.25. The predicted octanol–water partition coefficient (Wildman–Crippen LogP) is 1.85. The van der Waals surface area contributed by atoms with Gasteiger partial charge >= 0.3 is 0 Å². The standard InChI is InChI=1S/C13H19N3O2S/c1-10(2)4-3-7-16-19(17,18)13-6-5-11(9-14)8-12(13)15/h5-6,8,10,16H,3-4,7,15H2,1-2H3. The van der Waals surface area contributed by atoms with Crippen molar-refractivity contribution < 1.29 is 8.42 Å². The Balaban J connectivity index is 2.75. The molecule has 0 aliphatic heterocycles. The fraction of sp³-hybridized carbons (Fsp3) is 0.462. The van der Waals surface area contributed by atoms with Crippen LogP contribution in [0.25, 0.3) is 0 Å². The molecule has 0 amide bonds. The molecule has 0 bridgehead atoms. The van der Waals surface area contributed by atoms with Crippen molar-refractivity contribution in [2.24, 2.45) is 5.92 Å². The monoisotopic (exact) mass is 281 g/mol. The number of rotatable bonds is 6. The van der Waals surface area contributed by atoms with E-state index in [9.17, 15) is 8.42 Å². The average molecular weight is 281 g/mol. The first-order chi connectivity index (χ1) is 8.86. The summed E-state index contributed by atoms with van der Waals surface area (Å²) in [6, 6.07) is 6.08. The zero-order valence-electron chi connectivity index (χ0n) is 11.2. The fourth-order valence-electron chi connectivity index (χ4n) is 1.66. The molecule has 0 heterocycles. The summed E-state index contributed by atoms with van der Waals surface area (Å²) in [6.07, 6.45) is 1.75. The van der Waals surface area contributed by atoms with Gasteiger partial charge in [-0.15, -0.1) is 0 Å². The molecule has 19 heavy (non-hydrogen) atoms. The Kier molecular flexibility index (Phi) is 5.33. The van der Waals surface area contributed by atoms with Crippen molar-refractivity contribution in [3.63, 3.8) is 0 Å². The van der Waals surface area contributed by atoms with Gasteiger partial charge < -0.3 is 5.73 Å². The van der Waals surface area contributed by atoms with E-state index in [0.29, 0.717) is 18.0 Å². The molecule has 0 radical (unpaired) electrons. The lowest BCUT2D eigenvalue weighted by Gasteiger charge is -2.10. The first-order valence-electron chi connectivity index (χ1n) is 6.16. The average Bonchev–Trinajstić information content (AvgIpc) is 2.34. The first-order valence-corrected chi connectivity index (χ1v) is 7.64. The largest absolute Gasteiger partial charge is 0.398 e. The van der Waals surface area contributed by atoms with E-state index in [1.54, 1.807) is 0 Å². The van der Waals surface area contributed by atoms with Crippen LogP contribution in [0.5, 0.6) is 0 Å². The van der Waals surface area contributed by atoms with Gasteiger partial charge in [-0.1, -0.05) is 13.8 Å². The van der Waals surface area contributed by atoms with E-state index < -0.39 is 10.0 Å². The molecule has 0 aromatic heterocycles. The SMILES string of the molecule is CC(C)CCCNS(=O)(=O)c1ccc(C#N)cc1N. The molecule has 1 aromatic rings. The minimum Gasteiger partial charge on any atom is -0.398 e. The highest BCUT2D eigenvalue weighted by Gasteiger charge is 2.17. The molecule has 0 unspecified atom stereocenters. The van der Waals surface area contributed by atoms with E-state index in [1.807, 2.05) is 6.07 Å². The number of sulfonamides is 1. The molecule has 1 aromatic carbocycles. The van der Waals surface area contributed by atoms with Gasteiger partial charge in [-0.2, -0.15) is 5.26 Å². The molecule has 0 fully saturated rings. The van der Waals surface area contributed by atoms with E-state index in [0.717, 1.165) is 12.8 Å². The number of benzene rings is 1. The van der Waals surface area contributed by atoms with Crippen molar-refractivity contribution in [2.75, 3.05) is 12.3 Å². The Labute approximate surface area is 114 Å². The summed E-state index contributed by atoms with van der Waals surface area (Å²) in [5.74, 6) is 0.546. The second-order valence-electron chi connectivity index (χ2n) is 4.80. The van der Waals surface area contributed by atoms with Crippen LogP contribution >= 0.6 is 0 Å². The van der Waals surface area contributed by atoms with Crippen LogP contribution in [-0.2, 0) is 10.0 Å². The van der Waals surface area contributed by atoms with Gasteiger partial charge in [0.25, 0.3) is 0 Å². The van der Waals surface area contributed by atoms with Gasteiger partial charge in [0.05, 0.1) is 17.3 Å². The van der Waals surface area contributed by atoms with Gasteiger partial charge in [0.15, 0.2) is 0 Å². The summed E-state index contributed by atoms with van der Waals surface area (Å²) in [5, 5.41) is 8.71. The third-order valence-electron chi connectivity index (χ3n) is 2.68. The van der Waals surface area contributed by atoms with E-state index in [4.69, 9.17) is 11.0 Å². The van der Waals surface area contributed by atoms with Crippen molar-refractivity contribution in [1.29, 1.82) is 5.26 Å². The normalized spacial score (nSPS) is 11.5. The maximum atomic E-state index is 12.0. The molecular weight excluding hydrogens is 262 g/mol. The molecule has 0 aliphatic carbocycles. The third-order valence-corrected chi connectivity index (χ3v) is 4.21. The van der Waals surface area contributed by atoms with Gasteiger partial charge in [0.1, 0.15) is 4.90 Å². The van der Waals surface area contributed by atoms with Crippen molar-refractivity contribution in [1.82, 2.24) is 4.72 Å². The highest BCUT2D eigenvalue weighted by molar-refractivity contribution is 7.89. The van der Waals surface area contributed by atoms with Crippen LogP contribution in [-0.4, -0.2) is 15.0 Å². The number of hydrogen-bond acceptors (Lipinski definition) is 4. The van der Waals surface area contributed by atoms with Crippen LogP contribution in [0.2, 0.25) is 0 Å². The Morgan fingerprint density at radius 3 is 2.63 bits per heavy atom. The molecule has 3 N–H and O–H groups in total. The molecule has 5 nitrogen and oxygen atoms in total. The van der Waals surface area contributed by atoms with Crippen LogP contribution in [0.15, 0.2) is 23.1 Å². The van der Waals surface area contributed by atoms with Gasteiger partial charge in [0, 0.05) is 6.54 Å². The highest BCUT2D eigenvalue weighted by Crippen LogP contribution is 2.19. The zero-order valence-corrected chi connectivity index (χ0v) is 12.0. The lowest BCUT2D eigenvalue weighted by atomic mass is 10.1. The molecule has 0 atom stereocenters.